The molecule has 1 amide bonds. The zero-order chi connectivity index (χ0) is 12.9. The van der Waals surface area contributed by atoms with Crippen molar-refractivity contribution in [2.75, 3.05) is 26.7 Å². The molecular weight excluding hydrogens is 212 g/mol. The molecule has 0 aromatic carbocycles. The Morgan fingerprint density at radius 2 is 1.94 bits per heavy atom. The Bertz CT molecular complexity index is 239. The topological polar surface area (TPSA) is 32.3 Å². The summed E-state index contributed by atoms with van der Waals surface area (Å²) in [5.41, 5.74) is -0.0797. The van der Waals surface area contributed by atoms with Gasteiger partial charge in [0.05, 0.1) is 5.41 Å². The minimum absolute atomic E-state index is 0.0797. The first-order valence-corrected chi connectivity index (χ1v) is 6.98. The van der Waals surface area contributed by atoms with E-state index in [4.69, 9.17) is 0 Å². The van der Waals surface area contributed by atoms with Gasteiger partial charge in [-0.25, -0.2) is 0 Å². The molecule has 100 valence electrons. The monoisotopic (exact) mass is 240 g/mol. The maximum Gasteiger partial charge on any atom is 0.228 e. The molecule has 0 aromatic heterocycles. The molecule has 1 N–H and O–H groups in total. The minimum atomic E-state index is -0.0797. The van der Waals surface area contributed by atoms with E-state index in [9.17, 15) is 4.79 Å². The van der Waals surface area contributed by atoms with E-state index in [1.54, 1.807) is 0 Å². The summed E-state index contributed by atoms with van der Waals surface area (Å²) in [4.78, 5) is 14.6. The van der Waals surface area contributed by atoms with Gasteiger partial charge in [-0.1, -0.05) is 27.2 Å². The van der Waals surface area contributed by atoms with Crippen LogP contribution in [0.5, 0.6) is 0 Å². The number of piperidine rings is 1. The highest BCUT2D eigenvalue weighted by Crippen LogP contribution is 2.35. The predicted octanol–water partition coefficient (Wildman–Crippen LogP) is 2.27. The van der Waals surface area contributed by atoms with Gasteiger partial charge in [0.1, 0.15) is 0 Å². The van der Waals surface area contributed by atoms with Gasteiger partial charge in [0.2, 0.25) is 5.91 Å². The van der Waals surface area contributed by atoms with Gasteiger partial charge >= 0.3 is 0 Å². The van der Waals surface area contributed by atoms with Crippen molar-refractivity contribution in [1.82, 2.24) is 10.2 Å². The lowest BCUT2D eigenvalue weighted by Gasteiger charge is -2.39. The van der Waals surface area contributed by atoms with Crippen LogP contribution in [0.3, 0.4) is 0 Å². The van der Waals surface area contributed by atoms with Gasteiger partial charge in [-0.15, -0.1) is 0 Å². The largest absolute Gasteiger partial charge is 0.345 e. The quantitative estimate of drug-likeness (QED) is 0.799. The van der Waals surface area contributed by atoms with Crippen molar-refractivity contribution in [2.45, 2.75) is 46.5 Å². The Morgan fingerprint density at radius 1 is 1.35 bits per heavy atom. The molecule has 0 atom stereocenters. The second-order valence-corrected chi connectivity index (χ2v) is 5.86. The first-order chi connectivity index (χ1) is 8.02. The third kappa shape index (κ3) is 3.70. The fourth-order valence-electron chi connectivity index (χ4n) is 2.99. The summed E-state index contributed by atoms with van der Waals surface area (Å²) in [6, 6.07) is 0. The molecule has 1 aliphatic heterocycles. The average Bonchev–Trinajstić information content (AvgIpc) is 2.28. The van der Waals surface area contributed by atoms with Crippen molar-refractivity contribution in [1.29, 1.82) is 0 Å². The lowest BCUT2D eigenvalue weighted by Crippen LogP contribution is -2.48. The Balaban J connectivity index is 2.71. The third-order valence-electron chi connectivity index (χ3n) is 3.73. The summed E-state index contributed by atoms with van der Waals surface area (Å²) in [6.07, 6.45) is 4.14. The molecule has 1 aliphatic rings. The van der Waals surface area contributed by atoms with Gasteiger partial charge < -0.3 is 10.2 Å². The molecule has 0 radical (unpaired) electrons. The van der Waals surface area contributed by atoms with Crippen LogP contribution in [0, 0.1) is 11.3 Å². The number of amides is 1. The molecule has 0 unspecified atom stereocenters. The first-order valence-electron chi connectivity index (χ1n) is 6.98. The molecule has 1 saturated heterocycles. The minimum Gasteiger partial charge on any atom is -0.345 e. The average molecular weight is 240 g/mol. The first kappa shape index (κ1) is 14.5. The Labute approximate surface area is 106 Å². The molecule has 0 aliphatic carbocycles. The van der Waals surface area contributed by atoms with Gasteiger partial charge in [0, 0.05) is 13.6 Å². The zero-order valence-corrected chi connectivity index (χ0v) is 11.9. The summed E-state index contributed by atoms with van der Waals surface area (Å²) in [7, 11) is 1.96. The fourth-order valence-corrected chi connectivity index (χ4v) is 2.99. The Kier molecular flexibility index (Phi) is 5.44. The van der Waals surface area contributed by atoms with Crippen LogP contribution in [0.15, 0.2) is 0 Å². The Morgan fingerprint density at radius 3 is 2.41 bits per heavy atom. The van der Waals surface area contributed by atoms with Gasteiger partial charge in [-0.2, -0.15) is 0 Å². The number of carbonyl (C=O) groups excluding carboxylic acids is 1. The van der Waals surface area contributed by atoms with Crippen molar-refractivity contribution in [3.8, 4) is 0 Å². The highest BCUT2D eigenvalue weighted by atomic mass is 16.2. The van der Waals surface area contributed by atoms with E-state index in [1.807, 2.05) is 11.9 Å². The van der Waals surface area contributed by atoms with Crippen molar-refractivity contribution < 1.29 is 4.79 Å². The smallest absolute Gasteiger partial charge is 0.228 e. The van der Waals surface area contributed by atoms with Crippen LogP contribution in [0.4, 0.5) is 0 Å². The molecule has 17 heavy (non-hydrogen) atoms. The molecular formula is C14H28N2O. The molecule has 0 spiro atoms. The second-order valence-electron chi connectivity index (χ2n) is 5.86. The maximum atomic E-state index is 12.6. The number of hydrogen-bond acceptors (Lipinski definition) is 2. The number of hydrogen-bond donors (Lipinski definition) is 1. The fraction of sp³-hybridized carbons (Fsp3) is 0.929. The van der Waals surface area contributed by atoms with E-state index in [0.717, 1.165) is 45.3 Å². The van der Waals surface area contributed by atoms with Crippen molar-refractivity contribution >= 4 is 5.91 Å². The van der Waals surface area contributed by atoms with Crippen LogP contribution in [0.2, 0.25) is 0 Å². The van der Waals surface area contributed by atoms with Crippen LogP contribution in [0.25, 0.3) is 0 Å². The SMILES string of the molecule is CCCC1(C(=O)N(C)CC(C)C)CCNCC1. The van der Waals surface area contributed by atoms with Gasteiger partial charge in [0.15, 0.2) is 0 Å². The molecule has 0 bridgehead atoms. The van der Waals surface area contributed by atoms with E-state index in [0.29, 0.717) is 11.8 Å². The van der Waals surface area contributed by atoms with Crippen LogP contribution in [-0.2, 0) is 4.79 Å². The maximum absolute atomic E-state index is 12.6. The number of rotatable bonds is 5. The third-order valence-corrected chi connectivity index (χ3v) is 3.73. The van der Waals surface area contributed by atoms with Crippen molar-refractivity contribution in [2.24, 2.45) is 11.3 Å². The highest BCUT2D eigenvalue weighted by molar-refractivity contribution is 5.82. The molecule has 1 fully saturated rings. The van der Waals surface area contributed by atoms with Crippen molar-refractivity contribution in [3.63, 3.8) is 0 Å². The van der Waals surface area contributed by atoms with Crippen LogP contribution < -0.4 is 5.32 Å². The summed E-state index contributed by atoms with van der Waals surface area (Å²) in [5.74, 6) is 0.916. The standard InChI is InChI=1S/C14H28N2O/c1-5-6-14(7-9-15-10-8-14)13(17)16(4)11-12(2)3/h12,15H,5-11H2,1-4H3. The summed E-state index contributed by atoms with van der Waals surface area (Å²) in [6.45, 7) is 9.36. The molecule has 0 saturated carbocycles. The lowest BCUT2D eigenvalue weighted by molar-refractivity contribution is -0.143. The van der Waals surface area contributed by atoms with E-state index < -0.39 is 0 Å². The van der Waals surface area contributed by atoms with Gasteiger partial charge in [0.25, 0.3) is 0 Å². The van der Waals surface area contributed by atoms with E-state index in [-0.39, 0.29) is 5.41 Å². The summed E-state index contributed by atoms with van der Waals surface area (Å²) >= 11 is 0. The zero-order valence-electron chi connectivity index (χ0n) is 11.9. The van der Waals surface area contributed by atoms with E-state index >= 15 is 0 Å². The van der Waals surface area contributed by atoms with E-state index in [2.05, 4.69) is 26.1 Å². The number of nitrogens with zero attached hydrogens (tertiary/aromatic N) is 1. The number of carbonyl (C=O) groups is 1. The van der Waals surface area contributed by atoms with Gasteiger partial charge in [-0.05, 0) is 38.3 Å². The van der Waals surface area contributed by atoms with Crippen LogP contribution in [0.1, 0.15) is 46.5 Å². The molecule has 0 aromatic rings. The summed E-state index contributed by atoms with van der Waals surface area (Å²) in [5, 5.41) is 3.36. The molecule has 1 heterocycles. The highest BCUT2D eigenvalue weighted by Gasteiger charge is 2.40. The second kappa shape index (κ2) is 6.39. The molecule has 1 rings (SSSR count). The Hall–Kier alpha value is -0.570. The normalized spacial score (nSPS) is 19.4. The predicted molar refractivity (Wildman–Crippen MR) is 71.9 cm³/mol. The molecule has 3 heteroatoms. The summed E-state index contributed by atoms with van der Waals surface area (Å²) < 4.78 is 0. The van der Waals surface area contributed by atoms with Crippen LogP contribution in [-0.4, -0.2) is 37.5 Å². The molecule has 3 nitrogen and oxygen atoms in total. The van der Waals surface area contributed by atoms with Gasteiger partial charge in [-0.3, -0.25) is 4.79 Å². The lowest BCUT2D eigenvalue weighted by atomic mass is 9.74. The van der Waals surface area contributed by atoms with Crippen LogP contribution >= 0.6 is 0 Å². The van der Waals surface area contributed by atoms with Crippen molar-refractivity contribution in [3.05, 3.63) is 0 Å². The number of nitrogens with one attached hydrogen (secondary N) is 1. The van der Waals surface area contributed by atoms with E-state index in [1.165, 1.54) is 0 Å².